The van der Waals surface area contributed by atoms with Crippen molar-refractivity contribution in [3.63, 3.8) is 0 Å². The molecule has 0 saturated carbocycles. The molecule has 3 heteroatoms. The lowest BCUT2D eigenvalue weighted by atomic mass is 10.1. The molecule has 0 aromatic heterocycles. The van der Waals surface area contributed by atoms with Gasteiger partial charge in [0.05, 0.1) is 0 Å². The highest BCUT2D eigenvalue weighted by Gasteiger charge is 2.26. The number of nitrogens with zero attached hydrogens (tertiary/aromatic N) is 2. The van der Waals surface area contributed by atoms with Crippen LogP contribution < -0.4 is 4.90 Å². The second-order valence-corrected chi connectivity index (χ2v) is 5.48. The zero-order chi connectivity index (χ0) is 13.0. The molecule has 18 heavy (non-hydrogen) atoms. The third-order valence-electron chi connectivity index (χ3n) is 3.65. The number of anilines is 1. The van der Waals surface area contributed by atoms with Crippen LogP contribution in [0, 0.1) is 5.92 Å². The van der Waals surface area contributed by atoms with Crippen molar-refractivity contribution in [3.8, 4) is 0 Å². The summed E-state index contributed by atoms with van der Waals surface area (Å²) in [7, 11) is 2.18. The van der Waals surface area contributed by atoms with Crippen LogP contribution in [0.4, 0.5) is 5.69 Å². The average molecular weight is 248 g/mol. The SMILES string of the molecule is CC1CN(C)CC(CCO)N(c2ccccc2)C1. The number of rotatable bonds is 3. The molecule has 100 valence electrons. The maximum Gasteiger partial charge on any atom is 0.0451 e. The minimum atomic E-state index is 0.260. The zero-order valence-electron chi connectivity index (χ0n) is 11.4. The summed E-state index contributed by atoms with van der Waals surface area (Å²) in [5.74, 6) is 0.652. The predicted octanol–water partition coefficient (Wildman–Crippen LogP) is 1.83. The van der Waals surface area contributed by atoms with Gasteiger partial charge in [-0.3, -0.25) is 0 Å². The van der Waals surface area contributed by atoms with E-state index >= 15 is 0 Å². The highest BCUT2D eigenvalue weighted by Crippen LogP contribution is 2.23. The Balaban J connectivity index is 2.21. The molecule has 3 nitrogen and oxygen atoms in total. The van der Waals surface area contributed by atoms with E-state index in [-0.39, 0.29) is 6.61 Å². The van der Waals surface area contributed by atoms with E-state index in [4.69, 9.17) is 0 Å². The zero-order valence-corrected chi connectivity index (χ0v) is 11.4. The molecule has 0 aliphatic carbocycles. The number of aliphatic hydroxyl groups excluding tert-OH is 1. The molecule has 0 amide bonds. The Morgan fingerprint density at radius 3 is 2.56 bits per heavy atom. The minimum Gasteiger partial charge on any atom is -0.396 e. The molecule has 2 atom stereocenters. The highest BCUT2D eigenvalue weighted by molar-refractivity contribution is 5.47. The van der Waals surface area contributed by atoms with Crippen molar-refractivity contribution >= 4 is 5.69 Å². The van der Waals surface area contributed by atoms with Gasteiger partial charge in [0.15, 0.2) is 0 Å². The highest BCUT2D eigenvalue weighted by atomic mass is 16.3. The van der Waals surface area contributed by atoms with Gasteiger partial charge in [-0.25, -0.2) is 0 Å². The summed E-state index contributed by atoms with van der Waals surface area (Å²) in [5.41, 5.74) is 1.28. The van der Waals surface area contributed by atoms with Gasteiger partial charge in [0.1, 0.15) is 0 Å². The van der Waals surface area contributed by atoms with E-state index in [1.54, 1.807) is 0 Å². The van der Waals surface area contributed by atoms with Gasteiger partial charge >= 0.3 is 0 Å². The fraction of sp³-hybridized carbons (Fsp3) is 0.600. The van der Waals surface area contributed by atoms with Crippen molar-refractivity contribution < 1.29 is 5.11 Å². The molecule has 0 radical (unpaired) electrons. The van der Waals surface area contributed by atoms with Crippen LogP contribution in [-0.2, 0) is 0 Å². The van der Waals surface area contributed by atoms with Crippen molar-refractivity contribution in [2.75, 3.05) is 38.2 Å². The van der Waals surface area contributed by atoms with Gasteiger partial charge in [0.25, 0.3) is 0 Å². The van der Waals surface area contributed by atoms with Gasteiger partial charge in [-0.2, -0.15) is 0 Å². The lowest BCUT2D eigenvalue weighted by Gasteiger charge is -2.33. The molecule has 1 fully saturated rings. The van der Waals surface area contributed by atoms with Gasteiger partial charge in [0.2, 0.25) is 0 Å². The first-order valence-corrected chi connectivity index (χ1v) is 6.81. The number of para-hydroxylation sites is 1. The van der Waals surface area contributed by atoms with E-state index in [1.165, 1.54) is 5.69 Å². The quantitative estimate of drug-likeness (QED) is 0.884. The summed E-state index contributed by atoms with van der Waals surface area (Å²) in [6.07, 6.45) is 0.839. The molecule has 1 heterocycles. The van der Waals surface area contributed by atoms with Gasteiger partial charge in [-0.1, -0.05) is 25.1 Å². The molecule has 1 aliphatic rings. The van der Waals surface area contributed by atoms with Crippen molar-refractivity contribution in [1.29, 1.82) is 0 Å². The van der Waals surface area contributed by atoms with E-state index in [1.807, 2.05) is 0 Å². The van der Waals surface area contributed by atoms with E-state index in [2.05, 4.69) is 54.1 Å². The molecular weight excluding hydrogens is 224 g/mol. The predicted molar refractivity (Wildman–Crippen MR) is 75.9 cm³/mol. The molecule has 1 aliphatic heterocycles. The Morgan fingerprint density at radius 2 is 1.89 bits per heavy atom. The Bertz CT molecular complexity index is 355. The first-order valence-electron chi connectivity index (χ1n) is 6.81. The molecule has 0 spiro atoms. The Hall–Kier alpha value is -1.06. The molecule has 0 bridgehead atoms. The summed E-state index contributed by atoms with van der Waals surface area (Å²) < 4.78 is 0. The van der Waals surface area contributed by atoms with Crippen LogP contribution in [0.3, 0.4) is 0 Å². The van der Waals surface area contributed by atoms with E-state index in [0.717, 1.165) is 26.1 Å². The van der Waals surface area contributed by atoms with E-state index < -0.39 is 0 Å². The fourth-order valence-electron chi connectivity index (χ4n) is 2.94. The maximum atomic E-state index is 9.28. The van der Waals surface area contributed by atoms with Crippen LogP contribution in [0.25, 0.3) is 0 Å². The second-order valence-electron chi connectivity index (χ2n) is 5.48. The van der Waals surface area contributed by atoms with E-state index in [9.17, 15) is 5.11 Å². The number of likely N-dealkylation sites (N-methyl/N-ethyl adjacent to an activating group) is 1. The molecule has 1 saturated heterocycles. The number of benzene rings is 1. The molecule has 1 aromatic rings. The standard InChI is InChI=1S/C15H24N2O/c1-13-10-16(2)12-15(8-9-18)17(11-13)14-6-4-3-5-7-14/h3-7,13,15,18H,8-12H2,1-2H3. The van der Waals surface area contributed by atoms with Crippen molar-refractivity contribution in [2.45, 2.75) is 19.4 Å². The van der Waals surface area contributed by atoms with E-state index in [0.29, 0.717) is 12.0 Å². The van der Waals surface area contributed by atoms with Crippen LogP contribution in [0.5, 0.6) is 0 Å². The summed E-state index contributed by atoms with van der Waals surface area (Å²) in [6.45, 7) is 5.79. The summed E-state index contributed by atoms with van der Waals surface area (Å²) in [5, 5.41) is 9.28. The first kappa shape index (κ1) is 13.4. The van der Waals surface area contributed by atoms with Crippen LogP contribution in [-0.4, -0.2) is 49.3 Å². The van der Waals surface area contributed by atoms with Crippen LogP contribution in [0.2, 0.25) is 0 Å². The smallest absolute Gasteiger partial charge is 0.0451 e. The van der Waals surface area contributed by atoms with Crippen molar-refractivity contribution in [1.82, 2.24) is 4.90 Å². The van der Waals surface area contributed by atoms with Gasteiger partial charge in [-0.15, -0.1) is 0 Å². The average Bonchev–Trinajstić information content (AvgIpc) is 2.49. The summed E-state index contributed by atoms with van der Waals surface area (Å²) in [6, 6.07) is 11.0. The maximum absolute atomic E-state index is 9.28. The third kappa shape index (κ3) is 3.24. The third-order valence-corrected chi connectivity index (χ3v) is 3.65. The van der Waals surface area contributed by atoms with Crippen molar-refractivity contribution in [2.24, 2.45) is 5.92 Å². The van der Waals surface area contributed by atoms with Gasteiger partial charge in [-0.05, 0) is 31.5 Å². The minimum absolute atomic E-state index is 0.260. The Kier molecular flexibility index (Phi) is 4.61. The molecule has 1 aromatic carbocycles. The fourth-order valence-corrected chi connectivity index (χ4v) is 2.94. The van der Waals surface area contributed by atoms with Gasteiger partial charge < -0.3 is 14.9 Å². The van der Waals surface area contributed by atoms with Gasteiger partial charge in [0, 0.05) is 38.0 Å². The Labute approximate surface area is 110 Å². The van der Waals surface area contributed by atoms with Crippen molar-refractivity contribution in [3.05, 3.63) is 30.3 Å². The van der Waals surface area contributed by atoms with Crippen LogP contribution in [0.15, 0.2) is 30.3 Å². The summed E-state index contributed by atoms with van der Waals surface area (Å²) >= 11 is 0. The molecule has 2 rings (SSSR count). The lowest BCUT2D eigenvalue weighted by molar-refractivity contribution is 0.250. The molecule has 1 N–H and O–H groups in total. The first-order chi connectivity index (χ1) is 8.70. The normalized spacial score (nSPS) is 26.1. The monoisotopic (exact) mass is 248 g/mol. The summed E-state index contributed by atoms with van der Waals surface area (Å²) in [4.78, 5) is 4.85. The Morgan fingerprint density at radius 1 is 1.17 bits per heavy atom. The lowest BCUT2D eigenvalue weighted by Crippen LogP contribution is -2.41. The van der Waals surface area contributed by atoms with Crippen LogP contribution >= 0.6 is 0 Å². The number of aliphatic hydroxyl groups is 1. The second kappa shape index (κ2) is 6.21. The number of hydrogen-bond acceptors (Lipinski definition) is 3. The molecule has 2 unspecified atom stereocenters. The topological polar surface area (TPSA) is 26.7 Å². The van der Waals surface area contributed by atoms with Crippen LogP contribution in [0.1, 0.15) is 13.3 Å². The largest absolute Gasteiger partial charge is 0.396 e. The number of hydrogen-bond donors (Lipinski definition) is 1. The molecular formula is C15H24N2O.